The van der Waals surface area contributed by atoms with Crippen LogP contribution in [-0.4, -0.2) is 43.8 Å². The topological polar surface area (TPSA) is 50.8 Å². The molecule has 0 atom stereocenters. The summed E-state index contributed by atoms with van der Waals surface area (Å²) in [5.41, 5.74) is 1.29. The minimum Gasteiger partial charge on any atom is -0.494 e. The van der Waals surface area contributed by atoms with Crippen LogP contribution < -0.4 is 10.1 Å². The molecule has 0 aliphatic carbocycles. The van der Waals surface area contributed by atoms with Crippen LogP contribution in [0.3, 0.4) is 0 Å². The number of amides is 2. The molecule has 0 saturated carbocycles. The number of carbonyl (C=O) groups excluding carboxylic acids is 1. The second kappa shape index (κ2) is 7.88. The lowest BCUT2D eigenvalue weighted by Gasteiger charge is -2.45. The van der Waals surface area contributed by atoms with Gasteiger partial charge in [0.15, 0.2) is 0 Å². The molecule has 24 heavy (non-hydrogen) atoms. The van der Waals surface area contributed by atoms with Crippen molar-refractivity contribution < 1.29 is 14.3 Å². The molecule has 132 valence electrons. The van der Waals surface area contributed by atoms with Crippen LogP contribution in [0.4, 0.5) is 4.79 Å². The summed E-state index contributed by atoms with van der Waals surface area (Å²) in [5, 5.41) is 3.07. The summed E-state index contributed by atoms with van der Waals surface area (Å²) in [6.45, 7) is 6.46. The number of benzene rings is 1. The Hall–Kier alpha value is -1.75. The van der Waals surface area contributed by atoms with Gasteiger partial charge in [0.1, 0.15) is 5.75 Å². The van der Waals surface area contributed by atoms with Gasteiger partial charge in [-0.15, -0.1) is 0 Å². The number of piperidine rings is 1. The summed E-state index contributed by atoms with van der Waals surface area (Å²) in [5.74, 6) is 0.847. The van der Waals surface area contributed by atoms with Crippen molar-refractivity contribution in [2.45, 2.75) is 39.2 Å². The standard InChI is InChI=1S/C19H28N2O3/c1-2-24-17-7-4-3-6-16(17)14-20-18(22)21-11-5-8-19(15-21)9-12-23-13-10-19/h3-4,6-7H,2,5,8-15H2,1H3,(H,20,22). The minimum atomic E-state index is 0.0341. The molecular formula is C19H28N2O3. The van der Waals surface area contributed by atoms with Crippen molar-refractivity contribution in [1.82, 2.24) is 10.2 Å². The summed E-state index contributed by atoms with van der Waals surface area (Å²) >= 11 is 0. The first kappa shape index (κ1) is 17.1. The Bertz CT molecular complexity index is 550. The molecule has 2 aliphatic rings. The van der Waals surface area contributed by atoms with Crippen molar-refractivity contribution in [2.24, 2.45) is 5.41 Å². The van der Waals surface area contributed by atoms with Gasteiger partial charge in [-0.3, -0.25) is 0 Å². The van der Waals surface area contributed by atoms with Crippen LogP contribution >= 0.6 is 0 Å². The molecule has 2 saturated heterocycles. The van der Waals surface area contributed by atoms with E-state index in [2.05, 4.69) is 5.32 Å². The summed E-state index contributed by atoms with van der Waals surface area (Å²) < 4.78 is 11.1. The molecular weight excluding hydrogens is 304 g/mol. The van der Waals surface area contributed by atoms with E-state index < -0.39 is 0 Å². The third-order valence-corrected chi connectivity index (χ3v) is 5.20. The second-order valence-electron chi connectivity index (χ2n) is 6.84. The average molecular weight is 332 g/mol. The highest BCUT2D eigenvalue weighted by atomic mass is 16.5. The fourth-order valence-corrected chi connectivity index (χ4v) is 3.82. The van der Waals surface area contributed by atoms with Gasteiger partial charge >= 0.3 is 6.03 Å². The fourth-order valence-electron chi connectivity index (χ4n) is 3.82. The molecule has 1 aromatic rings. The molecule has 2 aliphatic heterocycles. The monoisotopic (exact) mass is 332 g/mol. The molecule has 1 aromatic carbocycles. The van der Waals surface area contributed by atoms with Gasteiger partial charge in [0, 0.05) is 38.4 Å². The maximum atomic E-state index is 12.6. The van der Waals surface area contributed by atoms with E-state index in [0.717, 1.165) is 56.9 Å². The van der Waals surface area contributed by atoms with Gasteiger partial charge in [0.2, 0.25) is 0 Å². The molecule has 5 heteroatoms. The van der Waals surface area contributed by atoms with E-state index in [0.29, 0.717) is 13.2 Å². The Labute approximate surface area is 144 Å². The predicted octanol–water partition coefficient (Wildman–Crippen LogP) is 3.19. The Balaban J connectivity index is 1.57. The van der Waals surface area contributed by atoms with E-state index in [4.69, 9.17) is 9.47 Å². The number of nitrogens with one attached hydrogen (secondary N) is 1. The smallest absolute Gasteiger partial charge is 0.317 e. The van der Waals surface area contributed by atoms with Crippen molar-refractivity contribution in [3.05, 3.63) is 29.8 Å². The number of rotatable bonds is 4. The maximum Gasteiger partial charge on any atom is 0.317 e. The van der Waals surface area contributed by atoms with Gasteiger partial charge < -0.3 is 19.7 Å². The Morgan fingerprint density at radius 2 is 2.08 bits per heavy atom. The minimum absolute atomic E-state index is 0.0341. The summed E-state index contributed by atoms with van der Waals surface area (Å²) in [7, 11) is 0. The van der Waals surface area contributed by atoms with Crippen LogP contribution in [0.1, 0.15) is 38.2 Å². The number of carbonyl (C=O) groups is 1. The first-order valence-corrected chi connectivity index (χ1v) is 9.04. The first-order valence-electron chi connectivity index (χ1n) is 9.04. The lowest BCUT2D eigenvalue weighted by atomic mass is 9.74. The number of ether oxygens (including phenoxy) is 2. The van der Waals surface area contributed by atoms with E-state index in [9.17, 15) is 4.79 Å². The summed E-state index contributed by atoms with van der Waals surface area (Å²) in [4.78, 5) is 14.6. The maximum absolute atomic E-state index is 12.6. The van der Waals surface area contributed by atoms with E-state index in [-0.39, 0.29) is 11.4 Å². The summed E-state index contributed by atoms with van der Waals surface area (Å²) in [6, 6.07) is 7.91. The lowest BCUT2D eigenvalue weighted by Crippen LogP contribution is -2.51. The molecule has 2 heterocycles. The van der Waals surface area contributed by atoms with Gasteiger partial charge in [0.25, 0.3) is 0 Å². The van der Waals surface area contributed by atoms with Crippen LogP contribution in [0, 0.1) is 5.41 Å². The number of hydrogen-bond acceptors (Lipinski definition) is 3. The molecule has 1 N–H and O–H groups in total. The lowest BCUT2D eigenvalue weighted by molar-refractivity contribution is -0.0186. The molecule has 1 spiro atoms. The first-order chi connectivity index (χ1) is 11.7. The van der Waals surface area contributed by atoms with Crippen LogP contribution in [0.5, 0.6) is 5.75 Å². The molecule has 3 rings (SSSR count). The van der Waals surface area contributed by atoms with Gasteiger partial charge in [-0.1, -0.05) is 18.2 Å². The Morgan fingerprint density at radius 3 is 2.88 bits per heavy atom. The number of likely N-dealkylation sites (tertiary alicyclic amines) is 1. The Kier molecular flexibility index (Phi) is 5.61. The van der Waals surface area contributed by atoms with Crippen LogP contribution in [-0.2, 0) is 11.3 Å². The highest BCUT2D eigenvalue weighted by molar-refractivity contribution is 5.74. The van der Waals surface area contributed by atoms with Crippen LogP contribution in [0.15, 0.2) is 24.3 Å². The third kappa shape index (κ3) is 4.01. The molecule has 0 bridgehead atoms. The second-order valence-corrected chi connectivity index (χ2v) is 6.84. The van der Waals surface area contributed by atoms with Crippen molar-refractivity contribution >= 4 is 6.03 Å². The molecule has 0 aromatic heterocycles. The average Bonchev–Trinajstić information content (AvgIpc) is 2.62. The predicted molar refractivity (Wildman–Crippen MR) is 93.1 cm³/mol. The number of nitrogens with zero attached hydrogens (tertiary/aromatic N) is 1. The van der Waals surface area contributed by atoms with Crippen molar-refractivity contribution in [3.63, 3.8) is 0 Å². The van der Waals surface area contributed by atoms with Crippen LogP contribution in [0.2, 0.25) is 0 Å². The highest BCUT2D eigenvalue weighted by Gasteiger charge is 2.38. The van der Waals surface area contributed by atoms with Crippen molar-refractivity contribution in [2.75, 3.05) is 32.9 Å². The summed E-state index contributed by atoms with van der Waals surface area (Å²) in [6.07, 6.45) is 4.45. The molecule has 2 amide bonds. The quantitative estimate of drug-likeness (QED) is 0.921. The Morgan fingerprint density at radius 1 is 1.29 bits per heavy atom. The van der Waals surface area contributed by atoms with Gasteiger partial charge in [-0.05, 0) is 44.1 Å². The van der Waals surface area contributed by atoms with E-state index in [1.54, 1.807) is 0 Å². The van der Waals surface area contributed by atoms with Crippen molar-refractivity contribution in [3.8, 4) is 5.75 Å². The van der Waals surface area contributed by atoms with Crippen LogP contribution in [0.25, 0.3) is 0 Å². The fraction of sp³-hybridized carbons (Fsp3) is 0.632. The van der Waals surface area contributed by atoms with Gasteiger partial charge in [-0.2, -0.15) is 0 Å². The zero-order chi connectivity index (χ0) is 16.8. The highest BCUT2D eigenvalue weighted by Crippen LogP contribution is 2.39. The molecule has 0 unspecified atom stereocenters. The van der Waals surface area contributed by atoms with E-state index in [1.165, 1.54) is 6.42 Å². The zero-order valence-corrected chi connectivity index (χ0v) is 14.6. The number of hydrogen-bond donors (Lipinski definition) is 1. The third-order valence-electron chi connectivity index (χ3n) is 5.20. The molecule has 5 nitrogen and oxygen atoms in total. The molecule has 0 radical (unpaired) electrons. The molecule has 2 fully saturated rings. The van der Waals surface area contributed by atoms with Crippen molar-refractivity contribution in [1.29, 1.82) is 0 Å². The van der Waals surface area contributed by atoms with Gasteiger partial charge in [-0.25, -0.2) is 4.79 Å². The number of para-hydroxylation sites is 1. The van der Waals surface area contributed by atoms with E-state index in [1.807, 2.05) is 36.1 Å². The number of urea groups is 1. The largest absolute Gasteiger partial charge is 0.494 e. The zero-order valence-electron chi connectivity index (χ0n) is 14.6. The van der Waals surface area contributed by atoms with Gasteiger partial charge in [0.05, 0.1) is 6.61 Å². The normalized spacial score (nSPS) is 20.0. The SMILES string of the molecule is CCOc1ccccc1CNC(=O)N1CCCC2(CCOCC2)C1. The van der Waals surface area contributed by atoms with E-state index >= 15 is 0 Å².